The van der Waals surface area contributed by atoms with Gasteiger partial charge in [0, 0.05) is 39.1 Å². The van der Waals surface area contributed by atoms with Crippen molar-refractivity contribution in [3.05, 3.63) is 73.6 Å². The van der Waals surface area contributed by atoms with Crippen molar-refractivity contribution in [2.24, 2.45) is 19.1 Å². The lowest BCUT2D eigenvalue weighted by molar-refractivity contribution is 0.578. The first-order valence-electron chi connectivity index (χ1n) is 12.1. The van der Waals surface area contributed by atoms with Crippen molar-refractivity contribution in [3.8, 4) is 5.69 Å². The van der Waals surface area contributed by atoms with E-state index in [9.17, 15) is 9.59 Å². The molecule has 1 aliphatic heterocycles. The molecule has 0 unspecified atom stereocenters. The summed E-state index contributed by atoms with van der Waals surface area (Å²) in [6.07, 6.45) is 5.14. The van der Waals surface area contributed by atoms with E-state index in [1.807, 2.05) is 38.1 Å². The van der Waals surface area contributed by atoms with E-state index in [4.69, 9.17) is 4.99 Å². The third-order valence-electron chi connectivity index (χ3n) is 7.26. The highest BCUT2D eigenvalue weighted by Crippen LogP contribution is 2.34. The molecule has 2 aromatic heterocycles. The van der Waals surface area contributed by atoms with Gasteiger partial charge in [-0.2, -0.15) is 0 Å². The number of anilines is 1. The van der Waals surface area contributed by atoms with Crippen molar-refractivity contribution in [3.63, 3.8) is 0 Å². The Morgan fingerprint density at radius 1 is 0.886 bits per heavy atom. The van der Waals surface area contributed by atoms with E-state index < -0.39 is 0 Å². The number of aryl methyl sites for hydroxylation is 5. The molecule has 0 bridgehead atoms. The van der Waals surface area contributed by atoms with Crippen LogP contribution >= 0.6 is 0 Å². The van der Waals surface area contributed by atoms with E-state index >= 15 is 0 Å². The number of fused-ring (bicyclic) bond motifs is 1. The van der Waals surface area contributed by atoms with Crippen LogP contribution in [0.3, 0.4) is 0 Å². The molecule has 0 saturated carbocycles. The highest BCUT2D eigenvalue weighted by molar-refractivity contribution is 5.91. The standard InChI is InChI=1S/C27H32N6O2/c1-17-9-10-20(13-18(17)2)33-26(34)21(19(3)29-33)16-28-22-14-24-25(31(5)27(35)30(24)4)15-23(22)32-11-7-6-8-12-32/h9-10,13-16,29H,6-8,11-12H2,1-5H3. The molecular weight excluding hydrogens is 440 g/mol. The van der Waals surface area contributed by atoms with Gasteiger partial charge in [-0.25, -0.2) is 9.48 Å². The summed E-state index contributed by atoms with van der Waals surface area (Å²) in [5.74, 6) is 0. The number of hydrogen-bond acceptors (Lipinski definition) is 4. The lowest BCUT2D eigenvalue weighted by Gasteiger charge is -2.30. The zero-order valence-electron chi connectivity index (χ0n) is 21.1. The fraction of sp³-hybridized carbons (Fsp3) is 0.370. The Morgan fingerprint density at radius 3 is 2.26 bits per heavy atom. The maximum Gasteiger partial charge on any atom is 0.328 e. The molecule has 1 saturated heterocycles. The van der Waals surface area contributed by atoms with Crippen LogP contribution in [0.5, 0.6) is 0 Å². The molecule has 8 heteroatoms. The van der Waals surface area contributed by atoms with Crippen LogP contribution in [-0.4, -0.2) is 38.2 Å². The molecule has 1 aliphatic rings. The average molecular weight is 473 g/mol. The first-order valence-corrected chi connectivity index (χ1v) is 12.1. The van der Waals surface area contributed by atoms with Gasteiger partial charge in [0.1, 0.15) is 0 Å². The number of rotatable bonds is 4. The normalized spacial score (nSPS) is 14.5. The van der Waals surface area contributed by atoms with Crippen molar-refractivity contribution >= 4 is 28.6 Å². The van der Waals surface area contributed by atoms with Crippen molar-refractivity contribution in [1.82, 2.24) is 18.9 Å². The van der Waals surface area contributed by atoms with Crippen LogP contribution in [-0.2, 0) is 14.1 Å². The van der Waals surface area contributed by atoms with Crippen molar-refractivity contribution in [2.45, 2.75) is 40.0 Å². The molecule has 35 heavy (non-hydrogen) atoms. The Labute approximate surface area is 204 Å². The lowest BCUT2D eigenvalue weighted by atomic mass is 10.1. The Hall–Kier alpha value is -3.81. The van der Waals surface area contributed by atoms with Gasteiger partial charge in [0.2, 0.25) is 0 Å². The largest absolute Gasteiger partial charge is 0.370 e. The van der Waals surface area contributed by atoms with Gasteiger partial charge in [0.25, 0.3) is 5.56 Å². The monoisotopic (exact) mass is 472 g/mol. The van der Waals surface area contributed by atoms with Gasteiger partial charge in [-0.05, 0) is 75.4 Å². The van der Waals surface area contributed by atoms with Crippen LogP contribution in [0, 0.1) is 20.8 Å². The van der Waals surface area contributed by atoms with E-state index in [-0.39, 0.29) is 11.2 Å². The maximum atomic E-state index is 13.3. The topological polar surface area (TPSA) is 80.3 Å². The highest BCUT2D eigenvalue weighted by Gasteiger charge is 2.19. The van der Waals surface area contributed by atoms with Crippen LogP contribution in [0.15, 0.2) is 44.9 Å². The van der Waals surface area contributed by atoms with Gasteiger partial charge in [-0.3, -0.25) is 24.0 Å². The second kappa shape index (κ2) is 8.76. The number of imidazole rings is 1. The molecule has 0 amide bonds. The predicted octanol–water partition coefficient (Wildman–Crippen LogP) is 4.02. The minimum absolute atomic E-state index is 0.0662. The fourth-order valence-corrected chi connectivity index (χ4v) is 4.91. The van der Waals surface area contributed by atoms with E-state index in [1.54, 1.807) is 34.1 Å². The van der Waals surface area contributed by atoms with Gasteiger partial charge in [0.05, 0.1) is 33.7 Å². The van der Waals surface area contributed by atoms with Gasteiger partial charge >= 0.3 is 5.69 Å². The lowest BCUT2D eigenvalue weighted by Crippen LogP contribution is -2.29. The molecule has 0 radical (unpaired) electrons. The third kappa shape index (κ3) is 3.92. The first-order chi connectivity index (χ1) is 16.8. The summed E-state index contributed by atoms with van der Waals surface area (Å²) in [6.45, 7) is 7.89. The Balaban J connectivity index is 1.61. The van der Waals surface area contributed by atoms with E-state index in [0.29, 0.717) is 5.56 Å². The van der Waals surface area contributed by atoms with E-state index in [2.05, 4.69) is 23.0 Å². The van der Waals surface area contributed by atoms with Crippen LogP contribution in [0.2, 0.25) is 0 Å². The molecule has 8 nitrogen and oxygen atoms in total. The molecule has 3 heterocycles. The SMILES string of the molecule is Cc1ccc(-n2[nH]c(C)c(C=Nc3cc4c(cc3N3CCCCC3)n(C)c(=O)n4C)c2=O)cc1C. The number of aromatic amines is 1. The molecule has 0 aliphatic carbocycles. The third-order valence-corrected chi connectivity index (χ3v) is 7.26. The number of nitrogens with one attached hydrogen (secondary N) is 1. The molecule has 2 aromatic carbocycles. The number of nitrogens with zero attached hydrogens (tertiary/aromatic N) is 5. The Kier molecular flexibility index (Phi) is 5.75. The first kappa shape index (κ1) is 23.0. The minimum atomic E-state index is -0.137. The Morgan fingerprint density at radius 2 is 1.57 bits per heavy atom. The number of H-pyrrole nitrogens is 1. The van der Waals surface area contributed by atoms with E-state index in [0.717, 1.165) is 65.3 Å². The summed E-state index contributed by atoms with van der Waals surface area (Å²) in [5.41, 5.74) is 7.65. The average Bonchev–Trinajstić information content (AvgIpc) is 3.26. The quantitative estimate of drug-likeness (QED) is 0.456. The summed E-state index contributed by atoms with van der Waals surface area (Å²) in [6, 6.07) is 9.99. The molecule has 4 aromatic rings. The second-order valence-electron chi connectivity index (χ2n) is 9.60. The molecule has 1 fully saturated rings. The smallest absolute Gasteiger partial charge is 0.328 e. The number of benzene rings is 2. The van der Waals surface area contributed by atoms with Crippen LogP contribution in [0.25, 0.3) is 16.7 Å². The van der Waals surface area contributed by atoms with Gasteiger partial charge in [-0.15, -0.1) is 0 Å². The molecule has 0 atom stereocenters. The molecule has 1 N–H and O–H groups in total. The van der Waals surface area contributed by atoms with Crippen LogP contribution in [0.1, 0.15) is 41.6 Å². The minimum Gasteiger partial charge on any atom is -0.370 e. The van der Waals surface area contributed by atoms with Gasteiger partial charge in [-0.1, -0.05) is 6.07 Å². The highest BCUT2D eigenvalue weighted by atomic mass is 16.1. The van der Waals surface area contributed by atoms with Gasteiger partial charge in [0.15, 0.2) is 0 Å². The maximum absolute atomic E-state index is 13.3. The molecular formula is C27H32N6O2. The molecule has 182 valence electrons. The second-order valence-corrected chi connectivity index (χ2v) is 9.60. The van der Waals surface area contributed by atoms with Crippen LogP contribution in [0.4, 0.5) is 11.4 Å². The van der Waals surface area contributed by atoms with Crippen molar-refractivity contribution < 1.29 is 0 Å². The van der Waals surface area contributed by atoms with Gasteiger partial charge < -0.3 is 4.90 Å². The summed E-state index contributed by atoms with van der Waals surface area (Å²) in [7, 11) is 3.57. The van der Waals surface area contributed by atoms with E-state index in [1.165, 1.54) is 12.0 Å². The number of aromatic nitrogens is 4. The number of piperidine rings is 1. The molecule has 5 rings (SSSR count). The summed E-state index contributed by atoms with van der Waals surface area (Å²) < 4.78 is 4.89. The van der Waals surface area contributed by atoms with Crippen molar-refractivity contribution in [1.29, 1.82) is 0 Å². The summed E-state index contributed by atoms with van der Waals surface area (Å²) in [4.78, 5) is 33.0. The Bertz CT molecular complexity index is 1570. The molecule has 0 spiro atoms. The van der Waals surface area contributed by atoms with Crippen molar-refractivity contribution in [2.75, 3.05) is 18.0 Å². The summed E-state index contributed by atoms with van der Waals surface area (Å²) >= 11 is 0. The fourth-order valence-electron chi connectivity index (χ4n) is 4.91. The van der Waals surface area contributed by atoms with Crippen LogP contribution < -0.4 is 16.1 Å². The number of hydrogen-bond donors (Lipinski definition) is 1. The number of aliphatic imine (C=N–C) groups is 1. The predicted molar refractivity (Wildman–Crippen MR) is 142 cm³/mol. The zero-order valence-corrected chi connectivity index (χ0v) is 21.1. The summed E-state index contributed by atoms with van der Waals surface area (Å²) in [5, 5.41) is 3.19. The zero-order chi connectivity index (χ0) is 24.9.